The van der Waals surface area contributed by atoms with Crippen molar-refractivity contribution >= 4 is 16.0 Å². The highest BCUT2D eigenvalue weighted by Crippen LogP contribution is 2.05. The lowest BCUT2D eigenvalue weighted by Gasteiger charge is -2.04. The summed E-state index contributed by atoms with van der Waals surface area (Å²) in [5.41, 5.74) is 5.28. The van der Waals surface area contributed by atoms with Gasteiger partial charge in [-0.2, -0.15) is 4.98 Å². The number of nitrogens with two attached hydrogens (primary N) is 1. The highest BCUT2D eigenvalue weighted by Gasteiger charge is 2.15. The first-order valence-corrected chi connectivity index (χ1v) is 6.82. The van der Waals surface area contributed by atoms with Gasteiger partial charge in [0, 0.05) is 19.9 Å². The first-order valence-electron chi connectivity index (χ1n) is 5.34. The van der Waals surface area contributed by atoms with Crippen molar-refractivity contribution in [3.63, 3.8) is 0 Å². The van der Waals surface area contributed by atoms with Crippen LogP contribution in [0.3, 0.4) is 0 Å². The molecule has 0 aliphatic heterocycles. The highest BCUT2D eigenvalue weighted by atomic mass is 32.2. The van der Waals surface area contributed by atoms with Crippen LogP contribution in [0.2, 0.25) is 0 Å². The maximum atomic E-state index is 11.8. The Morgan fingerprint density at radius 3 is 2.63 bits per heavy atom. The fourth-order valence-electron chi connectivity index (χ4n) is 1.29. The van der Waals surface area contributed by atoms with Gasteiger partial charge in [0.2, 0.25) is 21.9 Å². The molecule has 3 N–H and O–H groups in total. The van der Waals surface area contributed by atoms with Crippen molar-refractivity contribution in [1.82, 2.24) is 24.8 Å². The zero-order valence-corrected chi connectivity index (χ0v) is 10.9. The Bertz CT molecular complexity index is 651. The first kappa shape index (κ1) is 13.4. The lowest BCUT2D eigenvalue weighted by molar-refractivity contribution is 0.387. The molecule has 0 aliphatic carbocycles. The van der Waals surface area contributed by atoms with E-state index in [4.69, 9.17) is 10.3 Å². The molecule has 0 spiro atoms. The summed E-state index contributed by atoms with van der Waals surface area (Å²) in [6.07, 6.45) is 2.61. The number of nitrogens with one attached hydrogen (secondary N) is 1. The van der Waals surface area contributed by atoms with Gasteiger partial charge >= 0.3 is 0 Å². The van der Waals surface area contributed by atoms with Crippen LogP contribution in [0, 0.1) is 6.92 Å². The number of sulfonamides is 1. The van der Waals surface area contributed by atoms with Gasteiger partial charge in [-0.3, -0.25) is 0 Å². The maximum Gasteiger partial charge on any atom is 0.243 e. The first-order chi connectivity index (χ1) is 8.97. The van der Waals surface area contributed by atoms with Crippen LogP contribution in [0.5, 0.6) is 0 Å². The van der Waals surface area contributed by atoms with Gasteiger partial charge in [0.25, 0.3) is 0 Å². The Morgan fingerprint density at radius 1 is 1.37 bits per heavy atom. The highest BCUT2D eigenvalue weighted by molar-refractivity contribution is 7.89. The van der Waals surface area contributed by atoms with Crippen molar-refractivity contribution in [2.75, 3.05) is 12.3 Å². The predicted molar refractivity (Wildman–Crippen MR) is 64.4 cm³/mol. The summed E-state index contributed by atoms with van der Waals surface area (Å²) in [7, 11) is -3.66. The van der Waals surface area contributed by atoms with Crippen LogP contribution in [0.25, 0.3) is 0 Å². The molecule has 0 aromatic carbocycles. The smallest absolute Gasteiger partial charge is 0.243 e. The monoisotopic (exact) mass is 284 g/mol. The van der Waals surface area contributed by atoms with E-state index in [0.29, 0.717) is 18.1 Å². The Labute approximate surface area is 109 Å². The summed E-state index contributed by atoms with van der Waals surface area (Å²) in [5, 5.41) is 3.66. The van der Waals surface area contributed by atoms with E-state index in [1.54, 1.807) is 6.92 Å². The fourth-order valence-corrected chi connectivity index (χ4v) is 2.21. The number of rotatable bonds is 5. The number of nitrogens with zero attached hydrogens (tertiary/aromatic N) is 4. The molecule has 0 saturated carbocycles. The summed E-state index contributed by atoms with van der Waals surface area (Å²) < 4.78 is 30.8. The average Bonchev–Trinajstić information content (AvgIpc) is 2.75. The molecule has 102 valence electrons. The van der Waals surface area contributed by atoms with Crippen LogP contribution in [0.4, 0.5) is 5.95 Å². The van der Waals surface area contributed by atoms with Crippen molar-refractivity contribution in [3.8, 4) is 0 Å². The molecular formula is C9H12N6O3S. The molecule has 2 aromatic heterocycles. The van der Waals surface area contributed by atoms with E-state index >= 15 is 0 Å². The van der Waals surface area contributed by atoms with Crippen molar-refractivity contribution in [2.45, 2.75) is 18.2 Å². The maximum absolute atomic E-state index is 11.8. The molecule has 0 bridgehead atoms. The molecule has 2 rings (SSSR count). The SMILES string of the molecule is Cc1nc(CCNS(=O)(=O)c2cnc(N)nc2)no1. The lowest BCUT2D eigenvalue weighted by Crippen LogP contribution is -2.26. The van der Waals surface area contributed by atoms with E-state index < -0.39 is 10.0 Å². The number of aryl methyl sites for hydroxylation is 1. The third kappa shape index (κ3) is 3.45. The number of nitrogen functional groups attached to an aromatic ring is 1. The molecule has 10 heteroatoms. The van der Waals surface area contributed by atoms with Gasteiger partial charge in [-0.1, -0.05) is 5.16 Å². The lowest BCUT2D eigenvalue weighted by atomic mass is 10.4. The minimum atomic E-state index is -3.66. The Hall–Kier alpha value is -2.07. The van der Waals surface area contributed by atoms with E-state index in [0.717, 1.165) is 12.4 Å². The Balaban J connectivity index is 1.96. The minimum absolute atomic E-state index is 0.0150. The molecule has 2 heterocycles. The summed E-state index contributed by atoms with van der Waals surface area (Å²) in [6.45, 7) is 1.80. The molecule has 19 heavy (non-hydrogen) atoms. The van der Waals surface area contributed by atoms with Crippen LogP contribution in [0.1, 0.15) is 11.7 Å². The summed E-state index contributed by atoms with van der Waals surface area (Å²) in [6, 6.07) is 0. The molecule has 2 aromatic rings. The second-order valence-corrected chi connectivity index (χ2v) is 5.42. The largest absolute Gasteiger partial charge is 0.368 e. The van der Waals surface area contributed by atoms with Gasteiger partial charge in [0.1, 0.15) is 4.90 Å². The number of hydrogen-bond acceptors (Lipinski definition) is 8. The van der Waals surface area contributed by atoms with Crippen LogP contribution >= 0.6 is 0 Å². The Morgan fingerprint density at radius 2 is 2.05 bits per heavy atom. The van der Waals surface area contributed by atoms with Crippen LogP contribution in [0.15, 0.2) is 21.8 Å². The van der Waals surface area contributed by atoms with E-state index in [2.05, 4.69) is 24.8 Å². The number of aromatic nitrogens is 4. The van der Waals surface area contributed by atoms with E-state index in [9.17, 15) is 8.42 Å². The average molecular weight is 284 g/mol. The third-order valence-electron chi connectivity index (χ3n) is 2.17. The molecule has 0 unspecified atom stereocenters. The van der Waals surface area contributed by atoms with Crippen LogP contribution in [-0.4, -0.2) is 35.1 Å². The van der Waals surface area contributed by atoms with E-state index in [1.807, 2.05) is 0 Å². The number of anilines is 1. The molecule has 0 aliphatic rings. The third-order valence-corrected chi connectivity index (χ3v) is 3.58. The standard InChI is InChI=1S/C9H12N6O3S/c1-6-14-8(15-18-6)2-3-13-19(16,17)7-4-11-9(10)12-5-7/h4-5,13H,2-3H2,1H3,(H2,10,11,12). The van der Waals surface area contributed by atoms with Crippen LogP contribution in [-0.2, 0) is 16.4 Å². The number of hydrogen-bond donors (Lipinski definition) is 2. The van der Waals surface area contributed by atoms with Gasteiger partial charge in [-0.15, -0.1) is 0 Å². The quantitative estimate of drug-likeness (QED) is 0.733. The summed E-state index contributed by atoms with van der Waals surface area (Å²) in [5.74, 6) is 0.889. The van der Waals surface area contributed by atoms with Crippen molar-refractivity contribution < 1.29 is 12.9 Å². The van der Waals surface area contributed by atoms with E-state index in [-0.39, 0.29) is 17.4 Å². The molecule has 0 atom stereocenters. The molecule has 0 saturated heterocycles. The topological polar surface area (TPSA) is 137 Å². The van der Waals surface area contributed by atoms with Crippen molar-refractivity contribution in [3.05, 3.63) is 24.1 Å². The molecule has 0 fully saturated rings. The predicted octanol–water partition coefficient (Wildman–Crippen LogP) is -0.729. The van der Waals surface area contributed by atoms with Gasteiger partial charge in [0.05, 0.1) is 12.4 Å². The zero-order valence-electron chi connectivity index (χ0n) is 10.1. The molecule has 9 nitrogen and oxygen atoms in total. The second-order valence-electron chi connectivity index (χ2n) is 3.65. The Kier molecular flexibility index (Phi) is 3.71. The normalized spacial score (nSPS) is 11.6. The van der Waals surface area contributed by atoms with E-state index in [1.165, 1.54) is 0 Å². The van der Waals surface area contributed by atoms with Gasteiger partial charge in [-0.25, -0.2) is 23.1 Å². The minimum Gasteiger partial charge on any atom is -0.368 e. The van der Waals surface area contributed by atoms with Gasteiger partial charge < -0.3 is 10.3 Å². The van der Waals surface area contributed by atoms with Gasteiger partial charge in [-0.05, 0) is 0 Å². The zero-order chi connectivity index (χ0) is 13.9. The molecule has 0 radical (unpaired) electrons. The van der Waals surface area contributed by atoms with Gasteiger partial charge in [0.15, 0.2) is 5.82 Å². The van der Waals surface area contributed by atoms with Crippen molar-refractivity contribution in [2.24, 2.45) is 0 Å². The summed E-state index contributed by atoms with van der Waals surface area (Å²) in [4.78, 5) is 11.2. The molecule has 0 amide bonds. The second kappa shape index (κ2) is 5.28. The fraction of sp³-hybridized carbons (Fsp3) is 0.333. The molecular weight excluding hydrogens is 272 g/mol. The summed E-state index contributed by atoms with van der Waals surface area (Å²) >= 11 is 0. The van der Waals surface area contributed by atoms with Crippen LogP contribution < -0.4 is 10.5 Å². The van der Waals surface area contributed by atoms with Crippen molar-refractivity contribution in [1.29, 1.82) is 0 Å².